The third kappa shape index (κ3) is 4.19. The van der Waals surface area contributed by atoms with Crippen LogP contribution in [0.5, 0.6) is 0 Å². The molecule has 0 radical (unpaired) electrons. The monoisotopic (exact) mass is 551 g/mol. The highest BCUT2D eigenvalue weighted by Gasteiger charge is 2.16. The minimum atomic E-state index is 0.890. The van der Waals surface area contributed by atoms with Gasteiger partial charge in [0.1, 0.15) is 11.3 Å². The zero-order valence-corrected chi connectivity index (χ0v) is 23.9. The first kappa shape index (κ1) is 25.1. The fraction of sp³-hybridized carbons (Fsp3) is 0.0244. The molecule has 0 N–H and O–H groups in total. The zero-order valence-electron chi connectivity index (χ0n) is 23.9. The molecule has 2 aromatic heterocycles. The van der Waals surface area contributed by atoms with E-state index in [0.717, 1.165) is 33.5 Å². The second kappa shape index (κ2) is 10.0. The molecular formula is C41H29NO. The summed E-state index contributed by atoms with van der Waals surface area (Å²) in [4.78, 5) is 0. The number of furan rings is 1. The van der Waals surface area contributed by atoms with Crippen molar-refractivity contribution < 1.29 is 4.42 Å². The van der Waals surface area contributed by atoms with Gasteiger partial charge in [0.05, 0.1) is 11.0 Å². The normalized spacial score (nSPS) is 11.5. The number of fused-ring (bicyclic) bond motifs is 4. The first-order valence-electron chi connectivity index (χ1n) is 14.6. The molecule has 0 aliphatic carbocycles. The highest BCUT2D eigenvalue weighted by Crippen LogP contribution is 2.38. The van der Waals surface area contributed by atoms with E-state index in [1.165, 1.54) is 49.6 Å². The van der Waals surface area contributed by atoms with Gasteiger partial charge in [0.15, 0.2) is 0 Å². The Bertz CT molecular complexity index is 2290. The highest BCUT2D eigenvalue weighted by molar-refractivity contribution is 6.11. The van der Waals surface area contributed by atoms with Crippen LogP contribution in [0.3, 0.4) is 0 Å². The minimum absolute atomic E-state index is 0.890. The molecule has 6 aromatic carbocycles. The Kier molecular flexibility index (Phi) is 5.87. The maximum absolute atomic E-state index is 5.97. The summed E-state index contributed by atoms with van der Waals surface area (Å²) in [6.07, 6.45) is 1.88. The van der Waals surface area contributed by atoms with Gasteiger partial charge in [-0.15, -0.1) is 0 Å². The molecular weight excluding hydrogens is 522 g/mol. The van der Waals surface area contributed by atoms with Crippen molar-refractivity contribution in [2.75, 3.05) is 0 Å². The lowest BCUT2D eigenvalue weighted by atomic mass is 9.99. The standard InChI is InChI=1S/C41H29NO/c1-3-35-27(2)43-41-23-18-32(25-38(35)41)31-17-22-39-37(24-31)36-21-16-33(29-12-8-5-9-13-29)26-40(36)42(39)34-19-14-30(15-20-34)28-10-6-4-7-11-28/h3-26H,1H2,2H3. The third-order valence-corrected chi connectivity index (χ3v) is 8.56. The maximum atomic E-state index is 5.97. The Balaban J connectivity index is 1.33. The van der Waals surface area contributed by atoms with E-state index in [1.807, 2.05) is 13.0 Å². The van der Waals surface area contributed by atoms with E-state index in [9.17, 15) is 0 Å². The van der Waals surface area contributed by atoms with Crippen LogP contribution < -0.4 is 0 Å². The Hall–Kier alpha value is -5.60. The van der Waals surface area contributed by atoms with Crippen molar-refractivity contribution in [2.24, 2.45) is 0 Å². The number of benzene rings is 6. The molecule has 0 spiro atoms. The van der Waals surface area contributed by atoms with Gasteiger partial charge in [-0.3, -0.25) is 0 Å². The lowest BCUT2D eigenvalue weighted by Gasteiger charge is -2.11. The number of aromatic nitrogens is 1. The Morgan fingerprint density at radius 3 is 1.77 bits per heavy atom. The average Bonchev–Trinajstić information content (AvgIpc) is 3.57. The van der Waals surface area contributed by atoms with Crippen molar-refractivity contribution in [3.63, 3.8) is 0 Å². The van der Waals surface area contributed by atoms with Gasteiger partial charge in [0.2, 0.25) is 0 Å². The summed E-state index contributed by atoms with van der Waals surface area (Å²) in [5.41, 5.74) is 12.6. The third-order valence-electron chi connectivity index (χ3n) is 8.56. The molecule has 2 heterocycles. The smallest absolute Gasteiger partial charge is 0.134 e. The van der Waals surface area contributed by atoms with Gasteiger partial charge >= 0.3 is 0 Å². The van der Waals surface area contributed by atoms with Crippen LogP contribution in [-0.4, -0.2) is 4.57 Å². The molecule has 8 aromatic rings. The fourth-order valence-corrected chi connectivity index (χ4v) is 6.39. The highest BCUT2D eigenvalue weighted by atomic mass is 16.3. The number of nitrogens with zero attached hydrogens (tertiary/aromatic N) is 1. The quantitative estimate of drug-likeness (QED) is 0.208. The molecule has 204 valence electrons. The second-order valence-corrected chi connectivity index (χ2v) is 11.1. The van der Waals surface area contributed by atoms with E-state index in [4.69, 9.17) is 4.42 Å². The topological polar surface area (TPSA) is 18.1 Å². The molecule has 43 heavy (non-hydrogen) atoms. The molecule has 0 aliphatic heterocycles. The van der Waals surface area contributed by atoms with Crippen LogP contribution in [-0.2, 0) is 0 Å². The van der Waals surface area contributed by atoms with Crippen molar-refractivity contribution in [3.8, 4) is 39.1 Å². The number of hydrogen-bond donors (Lipinski definition) is 0. The van der Waals surface area contributed by atoms with Crippen LogP contribution in [0, 0.1) is 6.92 Å². The summed E-state index contributed by atoms with van der Waals surface area (Å²) >= 11 is 0. The molecule has 8 rings (SSSR count). The fourth-order valence-electron chi connectivity index (χ4n) is 6.39. The average molecular weight is 552 g/mol. The number of hydrogen-bond acceptors (Lipinski definition) is 1. The van der Waals surface area contributed by atoms with Crippen LogP contribution >= 0.6 is 0 Å². The number of rotatable bonds is 5. The predicted molar refractivity (Wildman–Crippen MR) is 182 cm³/mol. The second-order valence-electron chi connectivity index (χ2n) is 11.1. The number of aryl methyl sites for hydroxylation is 1. The molecule has 0 amide bonds. The van der Waals surface area contributed by atoms with Gasteiger partial charge in [-0.25, -0.2) is 0 Å². The van der Waals surface area contributed by atoms with Gasteiger partial charge in [0, 0.05) is 27.4 Å². The molecule has 0 unspecified atom stereocenters. The summed E-state index contributed by atoms with van der Waals surface area (Å²) in [5, 5.41) is 3.56. The molecule has 2 heteroatoms. The molecule has 0 aliphatic rings. The Morgan fingerprint density at radius 1 is 0.512 bits per heavy atom. The maximum Gasteiger partial charge on any atom is 0.134 e. The largest absolute Gasteiger partial charge is 0.461 e. The molecule has 0 saturated carbocycles. The summed E-state index contributed by atoms with van der Waals surface area (Å²) in [7, 11) is 0. The predicted octanol–water partition coefficient (Wildman–Crippen LogP) is 11.5. The summed E-state index contributed by atoms with van der Waals surface area (Å²) in [6.45, 7) is 6.01. The molecule has 0 saturated heterocycles. The Labute approximate surface area is 250 Å². The summed E-state index contributed by atoms with van der Waals surface area (Å²) in [6, 6.07) is 50.1. The summed E-state index contributed by atoms with van der Waals surface area (Å²) in [5.74, 6) is 0.896. The van der Waals surface area contributed by atoms with E-state index in [0.29, 0.717) is 0 Å². The van der Waals surface area contributed by atoms with E-state index in [1.54, 1.807) is 0 Å². The molecule has 0 bridgehead atoms. The van der Waals surface area contributed by atoms with Gasteiger partial charge in [-0.05, 0) is 82.8 Å². The van der Waals surface area contributed by atoms with Crippen LogP contribution in [0.4, 0.5) is 0 Å². The van der Waals surface area contributed by atoms with Crippen LogP contribution in [0.1, 0.15) is 11.3 Å². The van der Waals surface area contributed by atoms with Crippen molar-refractivity contribution in [2.45, 2.75) is 6.92 Å². The van der Waals surface area contributed by atoms with Crippen LogP contribution in [0.15, 0.2) is 151 Å². The lowest BCUT2D eigenvalue weighted by Crippen LogP contribution is -1.94. The van der Waals surface area contributed by atoms with Gasteiger partial charge < -0.3 is 8.98 Å². The van der Waals surface area contributed by atoms with Crippen molar-refractivity contribution in [1.82, 2.24) is 4.57 Å². The SMILES string of the molecule is C=Cc1c(C)oc2ccc(-c3ccc4c(c3)c3ccc(-c5ccccc5)cc3n4-c3ccc(-c4ccccc4)cc3)cc12. The zero-order chi connectivity index (χ0) is 28.9. The van der Waals surface area contributed by atoms with E-state index in [2.05, 4.69) is 151 Å². The molecule has 2 nitrogen and oxygen atoms in total. The van der Waals surface area contributed by atoms with Crippen molar-refractivity contribution in [1.29, 1.82) is 0 Å². The van der Waals surface area contributed by atoms with Gasteiger partial charge in [-0.2, -0.15) is 0 Å². The van der Waals surface area contributed by atoms with Crippen molar-refractivity contribution >= 4 is 38.9 Å². The van der Waals surface area contributed by atoms with E-state index < -0.39 is 0 Å². The molecule has 0 atom stereocenters. The molecule has 0 fully saturated rings. The minimum Gasteiger partial charge on any atom is -0.461 e. The Morgan fingerprint density at radius 2 is 1.07 bits per heavy atom. The summed E-state index contributed by atoms with van der Waals surface area (Å²) < 4.78 is 8.37. The van der Waals surface area contributed by atoms with E-state index in [-0.39, 0.29) is 0 Å². The van der Waals surface area contributed by atoms with Gasteiger partial charge in [0.25, 0.3) is 0 Å². The van der Waals surface area contributed by atoms with Crippen molar-refractivity contribution in [3.05, 3.63) is 157 Å². The van der Waals surface area contributed by atoms with Crippen LogP contribution in [0.25, 0.3) is 77.9 Å². The van der Waals surface area contributed by atoms with Gasteiger partial charge in [-0.1, -0.05) is 110 Å². The first-order valence-corrected chi connectivity index (χ1v) is 14.6. The van der Waals surface area contributed by atoms with Crippen LogP contribution in [0.2, 0.25) is 0 Å². The first-order chi connectivity index (χ1) is 21.2. The lowest BCUT2D eigenvalue weighted by molar-refractivity contribution is 0.577. The van der Waals surface area contributed by atoms with E-state index >= 15 is 0 Å².